The molecular weight excluding hydrogens is 261 g/mol. The molecular formula is C12H11F3N2O2. The molecule has 0 aliphatic carbocycles. The van der Waals surface area contributed by atoms with Crippen molar-refractivity contribution in [2.24, 2.45) is 0 Å². The first-order valence-electron chi connectivity index (χ1n) is 5.32. The van der Waals surface area contributed by atoms with Gasteiger partial charge in [0.15, 0.2) is 5.69 Å². The molecule has 0 saturated carbocycles. The summed E-state index contributed by atoms with van der Waals surface area (Å²) in [5, 5.41) is 2.98. The molecule has 0 spiro atoms. The van der Waals surface area contributed by atoms with E-state index in [0.717, 1.165) is 5.56 Å². The molecule has 1 aromatic heterocycles. The summed E-state index contributed by atoms with van der Waals surface area (Å²) < 4.78 is 47.9. The normalized spacial score (nSPS) is 11.6. The lowest BCUT2D eigenvalue weighted by Crippen LogP contribution is -2.07. The first-order valence-corrected chi connectivity index (χ1v) is 5.32. The number of ether oxygens (including phenoxy) is 1. The Morgan fingerprint density at radius 1 is 1.32 bits per heavy atom. The largest absolute Gasteiger partial charge is 0.496 e. The van der Waals surface area contributed by atoms with Crippen molar-refractivity contribution in [1.82, 2.24) is 5.16 Å². The molecule has 2 N–H and O–H groups in total. The van der Waals surface area contributed by atoms with E-state index < -0.39 is 11.9 Å². The smallest absolute Gasteiger partial charge is 0.437 e. The average Bonchev–Trinajstić information content (AvgIpc) is 2.72. The van der Waals surface area contributed by atoms with Crippen LogP contribution in [0.3, 0.4) is 0 Å². The molecule has 1 heterocycles. The molecule has 0 aliphatic heterocycles. The van der Waals surface area contributed by atoms with Gasteiger partial charge in [-0.2, -0.15) is 13.2 Å². The maximum absolute atomic E-state index is 12.8. The van der Waals surface area contributed by atoms with Gasteiger partial charge in [0.05, 0.1) is 12.7 Å². The van der Waals surface area contributed by atoms with E-state index in [-0.39, 0.29) is 17.0 Å². The first kappa shape index (κ1) is 13.3. The molecule has 2 rings (SSSR count). The Bertz CT molecular complexity index is 606. The summed E-state index contributed by atoms with van der Waals surface area (Å²) in [4.78, 5) is 0. The molecule has 0 fully saturated rings. The number of hydrogen-bond donors (Lipinski definition) is 1. The minimum Gasteiger partial charge on any atom is -0.496 e. The summed E-state index contributed by atoms with van der Waals surface area (Å²) in [6, 6.07) is 4.62. The molecule has 102 valence electrons. The maximum atomic E-state index is 12.8. The third-order valence-corrected chi connectivity index (χ3v) is 2.68. The minimum atomic E-state index is -4.63. The van der Waals surface area contributed by atoms with E-state index in [2.05, 4.69) is 9.68 Å². The Hall–Kier alpha value is -2.18. The summed E-state index contributed by atoms with van der Waals surface area (Å²) in [7, 11) is 1.44. The molecule has 0 bridgehead atoms. The first-order chi connectivity index (χ1) is 8.84. The van der Waals surface area contributed by atoms with E-state index in [4.69, 9.17) is 10.5 Å². The summed E-state index contributed by atoms with van der Waals surface area (Å²) in [5.74, 6) is 0.0875. The lowest BCUT2D eigenvalue weighted by atomic mass is 10.0. The fourth-order valence-electron chi connectivity index (χ4n) is 1.75. The van der Waals surface area contributed by atoms with Crippen LogP contribution < -0.4 is 10.5 Å². The summed E-state index contributed by atoms with van der Waals surface area (Å²) >= 11 is 0. The second-order valence-corrected chi connectivity index (χ2v) is 3.95. The standard InChI is InChI=1S/C12H11F3N2O2/c1-6-3-4-7(5-8(6)18-2)9-10(12(13,14)15)17-19-11(9)16/h3-5H,16H2,1-2H3. The van der Waals surface area contributed by atoms with E-state index in [1.807, 2.05) is 0 Å². The fraction of sp³-hybridized carbons (Fsp3) is 0.250. The number of aromatic nitrogens is 1. The van der Waals surface area contributed by atoms with Crippen LogP contribution in [0.4, 0.5) is 19.1 Å². The van der Waals surface area contributed by atoms with Crippen LogP contribution in [-0.2, 0) is 6.18 Å². The number of halogens is 3. The predicted molar refractivity (Wildman–Crippen MR) is 62.6 cm³/mol. The van der Waals surface area contributed by atoms with Gasteiger partial charge in [0.1, 0.15) is 5.75 Å². The monoisotopic (exact) mass is 272 g/mol. The molecule has 0 radical (unpaired) electrons. The molecule has 19 heavy (non-hydrogen) atoms. The van der Waals surface area contributed by atoms with Crippen molar-refractivity contribution in [3.63, 3.8) is 0 Å². The van der Waals surface area contributed by atoms with E-state index in [0.29, 0.717) is 5.75 Å². The molecule has 7 heteroatoms. The number of nitrogen functional groups attached to an aromatic ring is 1. The zero-order valence-corrected chi connectivity index (χ0v) is 10.2. The lowest BCUT2D eigenvalue weighted by molar-refractivity contribution is -0.142. The van der Waals surface area contributed by atoms with Gasteiger partial charge in [-0.1, -0.05) is 17.3 Å². The van der Waals surface area contributed by atoms with Crippen LogP contribution in [0.15, 0.2) is 22.7 Å². The van der Waals surface area contributed by atoms with Crippen molar-refractivity contribution in [2.75, 3.05) is 12.8 Å². The van der Waals surface area contributed by atoms with E-state index in [9.17, 15) is 13.2 Å². The van der Waals surface area contributed by atoms with Crippen molar-refractivity contribution in [1.29, 1.82) is 0 Å². The van der Waals surface area contributed by atoms with Gasteiger partial charge in [-0.05, 0) is 24.1 Å². The van der Waals surface area contributed by atoms with E-state index in [1.165, 1.54) is 19.2 Å². The van der Waals surface area contributed by atoms with Crippen molar-refractivity contribution in [3.8, 4) is 16.9 Å². The second-order valence-electron chi connectivity index (χ2n) is 3.95. The van der Waals surface area contributed by atoms with E-state index >= 15 is 0 Å². The average molecular weight is 272 g/mol. The zero-order chi connectivity index (χ0) is 14.2. The van der Waals surface area contributed by atoms with Gasteiger partial charge >= 0.3 is 6.18 Å². The van der Waals surface area contributed by atoms with Crippen LogP contribution in [0.1, 0.15) is 11.3 Å². The van der Waals surface area contributed by atoms with Crippen molar-refractivity contribution in [3.05, 3.63) is 29.5 Å². The third-order valence-electron chi connectivity index (χ3n) is 2.68. The van der Waals surface area contributed by atoms with Gasteiger partial charge in [-0.15, -0.1) is 0 Å². The highest BCUT2D eigenvalue weighted by Crippen LogP contribution is 2.40. The zero-order valence-electron chi connectivity index (χ0n) is 10.2. The molecule has 0 amide bonds. The number of nitrogens with two attached hydrogens (primary N) is 1. The van der Waals surface area contributed by atoms with Crippen LogP contribution in [0.25, 0.3) is 11.1 Å². The molecule has 0 aliphatic rings. The summed E-state index contributed by atoms with van der Waals surface area (Å²) in [5.41, 5.74) is 5.06. The SMILES string of the molecule is COc1cc(-c2c(C(F)(F)F)noc2N)ccc1C. The van der Waals surface area contributed by atoms with Gasteiger partial charge in [-0.3, -0.25) is 0 Å². The molecule has 4 nitrogen and oxygen atoms in total. The fourth-order valence-corrected chi connectivity index (χ4v) is 1.75. The van der Waals surface area contributed by atoms with Crippen LogP contribution in [-0.4, -0.2) is 12.3 Å². The minimum absolute atomic E-state index is 0.244. The number of rotatable bonds is 2. The highest BCUT2D eigenvalue weighted by Gasteiger charge is 2.39. The van der Waals surface area contributed by atoms with Crippen molar-refractivity contribution >= 4 is 5.88 Å². The molecule has 2 aromatic rings. The van der Waals surface area contributed by atoms with Crippen molar-refractivity contribution < 1.29 is 22.4 Å². The Morgan fingerprint density at radius 3 is 2.58 bits per heavy atom. The van der Waals surface area contributed by atoms with Gasteiger partial charge in [0.25, 0.3) is 0 Å². The van der Waals surface area contributed by atoms with Crippen LogP contribution in [0.5, 0.6) is 5.75 Å². The lowest BCUT2D eigenvalue weighted by Gasteiger charge is -2.09. The Balaban J connectivity index is 2.62. The molecule has 0 unspecified atom stereocenters. The molecule has 0 saturated heterocycles. The van der Waals surface area contributed by atoms with Gasteiger partial charge in [0, 0.05) is 0 Å². The van der Waals surface area contributed by atoms with Crippen molar-refractivity contribution in [2.45, 2.75) is 13.1 Å². The number of methoxy groups -OCH3 is 1. The van der Waals surface area contributed by atoms with Crippen LogP contribution >= 0.6 is 0 Å². The van der Waals surface area contributed by atoms with Gasteiger partial charge in [-0.25, -0.2) is 0 Å². The number of nitrogens with zero attached hydrogens (tertiary/aromatic N) is 1. The van der Waals surface area contributed by atoms with E-state index in [1.54, 1.807) is 13.0 Å². The number of alkyl halides is 3. The summed E-state index contributed by atoms with van der Waals surface area (Å²) in [6.45, 7) is 1.78. The molecule has 0 atom stereocenters. The Labute approximate surface area is 106 Å². The third kappa shape index (κ3) is 2.35. The Kier molecular flexibility index (Phi) is 3.13. The molecule has 1 aromatic carbocycles. The number of benzene rings is 1. The highest BCUT2D eigenvalue weighted by molar-refractivity contribution is 5.76. The number of anilines is 1. The quantitative estimate of drug-likeness (QED) is 0.911. The maximum Gasteiger partial charge on any atom is 0.437 e. The number of hydrogen-bond acceptors (Lipinski definition) is 4. The van der Waals surface area contributed by atoms with Crippen LogP contribution in [0.2, 0.25) is 0 Å². The topological polar surface area (TPSA) is 61.3 Å². The summed E-state index contributed by atoms with van der Waals surface area (Å²) in [6.07, 6.45) is -4.63. The Morgan fingerprint density at radius 2 is 2.00 bits per heavy atom. The van der Waals surface area contributed by atoms with Gasteiger partial charge < -0.3 is 15.0 Å². The van der Waals surface area contributed by atoms with Crippen LogP contribution in [0, 0.1) is 6.92 Å². The highest BCUT2D eigenvalue weighted by atomic mass is 19.4. The predicted octanol–water partition coefficient (Wildman–Crippen LogP) is 3.26. The number of aryl methyl sites for hydroxylation is 1. The van der Waals surface area contributed by atoms with Gasteiger partial charge in [0.2, 0.25) is 5.88 Å². The second kappa shape index (κ2) is 4.49.